The largest absolute Gasteiger partial charge is 0.486 e. The highest BCUT2D eigenvalue weighted by molar-refractivity contribution is 7.98. The Morgan fingerprint density at radius 3 is 2.52 bits per heavy atom. The maximum Gasteiger partial charge on any atom is 0.210 e. The second-order valence-corrected chi connectivity index (χ2v) is 7.94. The van der Waals surface area contributed by atoms with Gasteiger partial charge in [0.25, 0.3) is 0 Å². The zero-order valence-electron chi connectivity index (χ0n) is 16.3. The standard InChI is InChI=1S/C21H26N4OS/c1-14(2)17-7-9-19(10-8-17)26-12-20-23-24-21(25(20)22)27-13-18-11-15(3)5-6-16(18)4/h5-11,14H,12-13,22H2,1-4H3. The highest BCUT2D eigenvalue weighted by Gasteiger charge is 2.12. The molecule has 5 nitrogen and oxygen atoms in total. The SMILES string of the molecule is Cc1ccc(C)c(CSc2nnc(COc3ccc(C(C)C)cc3)n2N)c1. The first kappa shape index (κ1) is 19.3. The smallest absolute Gasteiger partial charge is 0.210 e. The van der Waals surface area contributed by atoms with Gasteiger partial charge in [0.05, 0.1) is 0 Å². The van der Waals surface area contributed by atoms with Crippen LogP contribution >= 0.6 is 11.8 Å². The van der Waals surface area contributed by atoms with E-state index in [9.17, 15) is 0 Å². The van der Waals surface area contributed by atoms with E-state index < -0.39 is 0 Å². The number of thioether (sulfide) groups is 1. The van der Waals surface area contributed by atoms with Crippen molar-refractivity contribution in [2.75, 3.05) is 5.84 Å². The van der Waals surface area contributed by atoms with Crippen LogP contribution in [0.3, 0.4) is 0 Å². The van der Waals surface area contributed by atoms with Crippen LogP contribution in [0.1, 0.15) is 47.8 Å². The fraction of sp³-hybridized carbons (Fsp3) is 0.333. The molecule has 1 aromatic heterocycles. The number of rotatable bonds is 7. The topological polar surface area (TPSA) is 66.0 Å². The van der Waals surface area contributed by atoms with Gasteiger partial charge in [-0.1, -0.05) is 61.5 Å². The van der Waals surface area contributed by atoms with Gasteiger partial charge in [-0.15, -0.1) is 10.2 Å². The van der Waals surface area contributed by atoms with Crippen LogP contribution in [0.4, 0.5) is 0 Å². The van der Waals surface area contributed by atoms with E-state index in [4.69, 9.17) is 10.6 Å². The molecule has 0 bridgehead atoms. The summed E-state index contributed by atoms with van der Waals surface area (Å²) in [6.07, 6.45) is 0. The minimum atomic E-state index is 0.286. The summed E-state index contributed by atoms with van der Waals surface area (Å²) in [5, 5.41) is 9.06. The fourth-order valence-corrected chi connectivity index (χ4v) is 3.64. The second kappa shape index (κ2) is 8.48. The summed E-state index contributed by atoms with van der Waals surface area (Å²) in [6, 6.07) is 14.6. The van der Waals surface area contributed by atoms with Crippen LogP contribution in [-0.2, 0) is 12.4 Å². The van der Waals surface area contributed by atoms with E-state index in [1.54, 1.807) is 11.8 Å². The Morgan fingerprint density at radius 1 is 1.07 bits per heavy atom. The average molecular weight is 383 g/mol. The summed E-state index contributed by atoms with van der Waals surface area (Å²) in [7, 11) is 0. The summed E-state index contributed by atoms with van der Waals surface area (Å²) < 4.78 is 7.32. The third kappa shape index (κ3) is 4.83. The highest BCUT2D eigenvalue weighted by atomic mass is 32.2. The van der Waals surface area contributed by atoms with Crippen molar-refractivity contribution in [3.63, 3.8) is 0 Å². The monoisotopic (exact) mass is 382 g/mol. The van der Waals surface area contributed by atoms with Crippen LogP contribution in [-0.4, -0.2) is 14.9 Å². The van der Waals surface area contributed by atoms with Gasteiger partial charge in [-0.3, -0.25) is 0 Å². The number of benzene rings is 2. The Hall–Kier alpha value is -2.47. The maximum atomic E-state index is 6.15. The average Bonchev–Trinajstić information content (AvgIpc) is 3.01. The van der Waals surface area contributed by atoms with Gasteiger partial charge in [0.15, 0.2) is 5.82 Å². The number of nitrogen functional groups attached to an aromatic ring is 1. The number of hydrogen-bond donors (Lipinski definition) is 1. The van der Waals surface area contributed by atoms with Gasteiger partial charge in [0.1, 0.15) is 12.4 Å². The van der Waals surface area contributed by atoms with E-state index in [0.717, 1.165) is 11.5 Å². The minimum absolute atomic E-state index is 0.286. The van der Waals surface area contributed by atoms with Crippen molar-refractivity contribution in [1.82, 2.24) is 14.9 Å². The van der Waals surface area contributed by atoms with Crippen molar-refractivity contribution in [3.8, 4) is 5.75 Å². The normalized spacial score (nSPS) is 11.1. The molecule has 0 saturated heterocycles. The Morgan fingerprint density at radius 2 is 1.81 bits per heavy atom. The molecule has 3 aromatic rings. The van der Waals surface area contributed by atoms with E-state index in [0.29, 0.717) is 16.9 Å². The van der Waals surface area contributed by atoms with Crippen LogP contribution in [0.2, 0.25) is 0 Å². The Bertz CT molecular complexity index is 903. The second-order valence-electron chi connectivity index (χ2n) is 7.00. The lowest BCUT2D eigenvalue weighted by Gasteiger charge is -2.09. The number of ether oxygens (including phenoxy) is 1. The van der Waals surface area contributed by atoms with Gasteiger partial charge in [0, 0.05) is 5.75 Å². The molecule has 0 saturated carbocycles. The van der Waals surface area contributed by atoms with Crippen molar-refractivity contribution >= 4 is 11.8 Å². The third-order valence-electron chi connectivity index (χ3n) is 4.51. The summed E-state index contributed by atoms with van der Waals surface area (Å²) in [5.41, 5.74) is 5.09. The number of aromatic nitrogens is 3. The van der Waals surface area contributed by atoms with E-state index in [1.807, 2.05) is 12.1 Å². The first-order valence-electron chi connectivity index (χ1n) is 9.05. The van der Waals surface area contributed by atoms with E-state index in [2.05, 4.69) is 68.2 Å². The summed E-state index contributed by atoms with van der Waals surface area (Å²) >= 11 is 1.58. The molecule has 27 heavy (non-hydrogen) atoms. The van der Waals surface area contributed by atoms with Crippen LogP contribution in [0.15, 0.2) is 47.6 Å². The van der Waals surface area contributed by atoms with Crippen LogP contribution < -0.4 is 10.6 Å². The molecule has 0 atom stereocenters. The van der Waals surface area contributed by atoms with E-state index >= 15 is 0 Å². The molecule has 0 aliphatic carbocycles. The first-order valence-corrected chi connectivity index (χ1v) is 10.0. The van der Waals surface area contributed by atoms with Crippen LogP contribution in [0.5, 0.6) is 5.75 Å². The molecule has 0 radical (unpaired) electrons. The molecule has 142 valence electrons. The fourth-order valence-electron chi connectivity index (χ4n) is 2.70. The molecule has 0 amide bonds. The zero-order valence-corrected chi connectivity index (χ0v) is 17.1. The number of hydrogen-bond acceptors (Lipinski definition) is 5. The first-order chi connectivity index (χ1) is 12.9. The van der Waals surface area contributed by atoms with Crippen LogP contribution in [0, 0.1) is 13.8 Å². The Balaban J connectivity index is 1.60. The lowest BCUT2D eigenvalue weighted by molar-refractivity contribution is 0.291. The van der Waals surface area contributed by atoms with Gasteiger partial charge < -0.3 is 10.6 Å². The molecule has 2 N–H and O–H groups in total. The quantitative estimate of drug-likeness (QED) is 0.478. The molecular weight excluding hydrogens is 356 g/mol. The maximum absolute atomic E-state index is 6.15. The lowest BCUT2D eigenvalue weighted by atomic mass is 10.0. The molecule has 0 aliphatic rings. The summed E-state index contributed by atoms with van der Waals surface area (Å²) in [6.45, 7) is 8.84. The van der Waals surface area contributed by atoms with E-state index in [-0.39, 0.29) is 6.61 Å². The van der Waals surface area contributed by atoms with Crippen molar-refractivity contribution in [3.05, 3.63) is 70.5 Å². The van der Waals surface area contributed by atoms with Crippen molar-refractivity contribution in [2.45, 2.75) is 51.1 Å². The predicted molar refractivity (Wildman–Crippen MR) is 111 cm³/mol. The van der Waals surface area contributed by atoms with Crippen molar-refractivity contribution in [2.24, 2.45) is 0 Å². The highest BCUT2D eigenvalue weighted by Crippen LogP contribution is 2.24. The van der Waals surface area contributed by atoms with E-state index in [1.165, 1.54) is 26.9 Å². The molecule has 0 fully saturated rings. The van der Waals surface area contributed by atoms with Gasteiger partial charge in [-0.2, -0.15) is 0 Å². The summed E-state index contributed by atoms with van der Waals surface area (Å²) in [5.74, 6) is 8.86. The van der Waals surface area contributed by atoms with Gasteiger partial charge in [-0.25, -0.2) is 4.68 Å². The minimum Gasteiger partial charge on any atom is -0.486 e. The third-order valence-corrected chi connectivity index (χ3v) is 5.50. The number of aryl methyl sites for hydroxylation is 2. The number of nitrogens with two attached hydrogens (primary N) is 1. The number of nitrogens with zero attached hydrogens (tertiary/aromatic N) is 3. The molecule has 3 rings (SSSR count). The lowest BCUT2D eigenvalue weighted by Crippen LogP contribution is -2.15. The summed E-state index contributed by atoms with van der Waals surface area (Å²) in [4.78, 5) is 0. The molecular formula is C21H26N4OS. The van der Waals surface area contributed by atoms with Crippen molar-refractivity contribution < 1.29 is 4.74 Å². The molecule has 6 heteroatoms. The van der Waals surface area contributed by atoms with Gasteiger partial charge >= 0.3 is 0 Å². The van der Waals surface area contributed by atoms with Crippen LogP contribution in [0.25, 0.3) is 0 Å². The molecule has 0 unspecified atom stereocenters. The Kier molecular flexibility index (Phi) is 6.06. The molecule has 1 heterocycles. The zero-order chi connectivity index (χ0) is 19.4. The molecule has 0 aliphatic heterocycles. The predicted octanol–water partition coefficient (Wildman–Crippen LogP) is 4.60. The van der Waals surface area contributed by atoms with Crippen molar-refractivity contribution in [1.29, 1.82) is 0 Å². The van der Waals surface area contributed by atoms with Gasteiger partial charge in [-0.05, 0) is 48.6 Å². The molecule has 0 spiro atoms. The molecule has 2 aromatic carbocycles. The Labute approximate surface area is 164 Å². The van der Waals surface area contributed by atoms with Gasteiger partial charge in [0.2, 0.25) is 5.16 Å².